The van der Waals surface area contributed by atoms with Crippen LogP contribution in [0.4, 0.5) is 0 Å². The highest BCUT2D eigenvalue weighted by molar-refractivity contribution is 5.94. The van der Waals surface area contributed by atoms with E-state index in [-0.39, 0.29) is 5.91 Å². The second-order valence-electron chi connectivity index (χ2n) is 7.11. The average Bonchev–Trinajstić information content (AvgIpc) is 3.09. The van der Waals surface area contributed by atoms with E-state index in [9.17, 15) is 4.79 Å². The maximum absolute atomic E-state index is 12.6. The molecule has 1 aromatic rings. The van der Waals surface area contributed by atoms with Crippen molar-refractivity contribution in [3.05, 3.63) is 35.4 Å². The van der Waals surface area contributed by atoms with Crippen LogP contribution in [0.1, 0.15) is 61.4 Å². The molecule has 1 atom stereocenters. The van der Waals surface area contributed by atoms with E-state index < -0.39 is 0 Å². The number of rotatable bonds is 3. The van der Waals surface area contributed by atoms with Gasteiger partial charge >= 0.3 is 0 Å². The van der Waals surface area contributed by atoms with Gasteiger partial charge in [-0.25, -0.2) is 0 Å². The van der Waals surface area contributed by atoms with Crippen molar-refractivity contribution in [3.8, 4) is 0 Å². The van der Waals surface area contributed by atoms with Gasteiger partial charge in [-0.3, -0.25) is 4.79 Å². The van der Waals surface area contributed by atoms with Crippen LogP contribution >= 0.6 is 0 Å². The van der Waals surface area contributed by atoms with Crippen LogP contribution in [-0.4, -0.2) is 36.5 Å². The minimum absolute atomic E-state index is 0.202. The molecule has 2 aliphatic heterocycles. The summed E-state index contributed by atoms with van der Waals surface area (Å²) in [5.74, 6) is 1.47. The van der Waals surface area contributed by atoms with E-state index in [0.29, 0.717) is 12.0 Å². The number of nitrogens with one attached hydrogen (secondary N) is 1. The Morgan fingerprint density at radius 1 is 1.14 bits per heavy atom. The summed E-state index contributed by atoms with van der Waals surface area (Å²) >= 11 is 0. The Bertz CT molecular complexity index is 495. The molecule has 3 heteroatoms. The molecule has 0 aromatic heterocycles. The van der Waals surface area contributed by atoms with E-state index in [0.717, 1.165) is 37.4 Å². The molecule has 2 aliphatic rings. The van der Waals surface area contributed by atoms with Crippen LogP contribution in [-0.2, 0) is 0 Å². The van der Waals surface area contributed by atoms with Gasteiger partial charge in [-0.2, -0.15) is 0 Å². The number of likely N-dealkylation sites (tertiary alicyclic amines) is 1. The van der Waals surface area contributed by atoms with Crippen LogP contribution in [0, 0.1) is 5.92 Å². The number of amides is 1. The summed E-state index contributed by atoms with van der Waals surface area (Å²) in [5.41, 5.74) is 2.13. The quantitative estimate of drug-likeness (QED) is 0.927. The van der Waals surface area contributed by atoms with Gasteiger partial charge in [0.1, 0.15) is 0 Å². The molecule has 3 nitrogen and oxygen atoms in total. The maximum Gasteiger partial charge on any atom is 0.253 e. The van der Waals surface area contributed by atoms with Gasteiger partial charge < -0.3 is 10.2 Å². The van der Waals surface area contributed by atoms with Gasteiger partial charge in [-0.15, -0.1) is 0 Å². The summed E-state index contributed by atoms with van der Waals surface area (Å²) in [5, 5.41) is 3.62. The topological polar surface area (TPSA) is 32.3 Å². The van der Waals surface area contributed by atoms with Crippen LogP contribution in [0.25, 0.3) is 0 Å². The van der Waals surface area contributed by atoms with E-state index in [2.05, 4.69) is 31.3 Å². The predicted molar refractivity (Wildman–Crippen MR) is 90.2 cm³/mol. The Labute approximate surface area is 134 Å². The lowest BCUT2D eigenvalue weighted by molar-refractivity contribution is 0.0674. The fourth-order valence-corrected chi connectivity index (χ4v) is 3.81. The molecule has 1 amide bonds. The average molecular weight is 300 g/mol. The fourth-order valence-electron chi connectivity index (χ4n) is 3.81. The third kappa shape index (κ3) is 3.35. The van der Waals surface area contributed by atoms with Gasteiger partial charge in [-0.05, 0) is 61.8 Å². The summed E-state index contributed by atoms with van der Waals surface area (Å²) in [6, 6.07) is 8.85. The molecule has 1 aromatic carbocycles. The zero-order chi connectivity index (χ0) is 15.5. The zero-order valence-corrected chi connectivity index (χ0v) is 13.8. The predicted octanol–water partition coefficient (Wildman–Crippen LogP) is 3.41. The number of carbonyl (C=O) groups excluding carboxylic acids is 1. The number of benzene rings is 1. The lowest BCUT2D eigenvalue weighted by Gasteiger charge is -2.35. The van der Waals surface area contributed by atoms with Gasteiger partial charge in [0, 0.05) is 24.7 Å². The van der Waals surface area contributed by atoms with Crippen molar-refractivity contribution in [2.45, 2.75) is 51.5 Å². The van der Waals surface area contributed by atoms with Gasteiger partial charge in [-0.1, -0.05) is 26.0 Å². The van der Waals surface area contributed by atoms with Crippen molar-refractivity contribution in [2.24, 2.45) is 5.92 Å². The van der Waals surface area contributed by atoms with Crippen LogP contribution < -0.4 is 5.32 Å². The van der Waals surface area contributed by atoms with E-state index in [1.165, 1.54) is 24.9 Å². The molecular formula is C19H28N2O. The Morgan fingerprint density at radius 3 is 2.36 bits per heavy atom. The van der Waals surface area contributed by atoms with Crippen molar-refractivity contribution in [1.82, 2.24) is 10.2 Å². The van der Waals surface area contributed by atoms with Crippen molar-refractivity contribution < 1.29 is 4.79 Å². The molecule has 2 saturated heterocycles. The molecular weight excluding hydrogens is 272 g/mol. The van der Waals surface area contributed by atoms with Crippen molar-refractivity contribution >= 4 is 5.91 Å². The molecule has 1 unspecified atom stereocenters. The standard InChI is InChI=1S/C19H28N2O/c1-14(2)15-5-7-17(8-6-15)19(22)21-12-9-16(10-13-21)18-4-3-11-20-18/h5-8,14,16,18,20H,3-4,9-13H2,1-2H3. The Balaban J connectivity index is 1.57. The molecule has 2 fully saturated rings. The molecule has 3 rings (SSSR count). The highest BCUT2D eigenvalue weighted by Gasteiger charge is 2.30. The van der Waals surface area contributed by atoms with Gasteiger partial charge in [0.25, 0.3) is 5.91 Å². The zero-order valence-electron chi connectivity index (χ0n) is 13.8. The third-order valence-electron chi connectivity index (χ3n) is 5.32. The number of hydrogen-bond donors (Lipinski definition) is 1. The first-order valence-corrected chi connectivity index (χ1v) is 8.78. The summed E-state index contributed by atoms with van der Waals surface area (Å²) in [4.78, 5) is 14.7. The molecule has 0 bridgehead atoms. The fraction of sp³-hybridized carbons (Fsp3) is 0.632. The molecule has 0 radical (unpaired) electrons. The van der Waals surface area contributed by atoms with E-state index >= 15 is 0 Å². The highest BCUT2D eigenvalue weighted by atomic mass is 16.2. The summed E-state index contributed by atoms with van der Waals surface area (Å²) < 4.78 is 0. The molecule has 22 heavy (non-hydrogen) atoms. The smallest absolute Gasteiger partial charge is 0.253 e. The first kappa shape index (κ1) is 15.5. The largest absolute Gasteiger partial charge is 0.339 e. The summed E-state index contributed by atoms with van der Waals surface area (Å²) in [6.45, 7) is 7.35. The van der Waals surface area contributed by atoms with E-state index in [4.69, 9.17) is 0 Å². The number of hydrogen-bond acceptors (Lipinski definition) is 2. The van der Waals surface area contributed by atoms with Crippen LogP contribution in [0.3, 0.4) is 0 Å². The minimum atomic E-state index is 0.202. The number of nitrogens with zero attached hydrogens (tertiary/aromatic N) is 1. The Morgan fingerprint density at radius 2 is 1.82 bits per heavy atom. The molecule has 1 N–H and O–H groups in total. The first-order valence-electron chi connectivity index (χ1n) is 8.78. The normalized spacial score (nSPS) is 23.2. The monoisotopic (exact) mass is 300 g/mol. The second-order valence-corrected chi connectivity index (χ2v) is 7.11. The van der Waals surface area contributed by atoms with Crippen molar-refractivity contribution in [1.29, 1.82) is 0 Å². The molecule has 0 spiro atoms. The van der Waals surface area contributed by atoms with Crippen molar-refractivity contribution in [2.75, 3.05) is 19.6 Å². The maximum atomic E-state index is 12.6. The SMILES string of the molecule is CC(C)c1ccc(C(=O)N2CCC(C3CCCN3)CC2)cc1. The number of piperidine rings is 1. The van der Waals surface area contributed by atoms with Gasteiger partial charge in [0.05, 0.1) is 0 Å². The second kappa shape index (κ2) is 6.82. The van der Waals surface area contributed by atoms with E-state index in [1.54, 1.807) is 0 Å². The van der Waals surface area contributed by atoms with Crippen LogP contribution in [0.5, 0.6) is 0 Å². The lowest BCUT2D eigenvalue weighted by Crippen LogP contribution is -2.43. The van der Waals surface area contributed by atoms with E-state index in [1.807, 2.05) is 17.0 Å². The molecule has 0 saturated carbocycles. The first-order chi connectivity index (χ1) is 10.6. The Hall–Kier alpha value is -1.35. The van der Waals surface area contributed by atoms with Crippen LogP contribution in [0.2, 0.25) is 0 Å². The van der Waals surface area contributed by atoms with Gasteiger partial charge in [0.15, 0.2) is 0 Å². The molecule has 120 valence electrons. The molecule has 2 heterocycles. The van der Waals surface area contributed by atoms with Crippen LogP contribution in [0.15, 0.2) is 24.3 Å². The minimum Gasteiger partial charge on any atom is -0.339 e. The lowest BCUT2D eigenvalue weighted by atomic mass is 9.88. The molecule has 0 aliphatic carbocycles. The summed E-state index contributed by atoms with van der Waals surface area (Å²) in [7, 11) is 0. The summed E-state index contributed by atoms with van der Waals surface area (Å²) in [6.07, 6.45) is 4.92. The highest BCUT2D eigenvalue weighted by Crippen LogP contribution is 2.26. The van der Waals surface area contributed by atoms with Crippen molar-refractivity contribution in [3.63, 3.8) is 0 Å². The third-order valence-corrected chi connectivity index (χ3v) is 5.32. The van der Waals surface area contributed by atoms with Gasteiger partial charge in [0.2, 0.25) is 0 Å². The Kier molecular flexibility index (Phi) is 4.82. The number of carbonyl (C=O) groups is 1.